The monoisotopic (exact) mass is 471 g/mol. The van der Waals surface area contributed by atoms with Crippen molar-refractivity contribution in [2.45, 2.75) is 45.7 Å². The van der Waals surface area contributed by atoms with Crippen molar-refractivity contribution in [3.63, 3.8) is 0 Å². The van der Waals surface area contributed by atoms with Crippen molar-refractivity contribution >= 4 is 33.4 Å². The van der Waals surface area contributed by atoms with E-state index in [1.807, 2.05) is 38.1 Å². The number of halogens is 1. The van der Waals surface area contributed by atoms with Gasteiger partial charge in [-0.05, 0) is 62.6 Å². The Morgan fingerprint density at radius 3 is 2.63 bits per heavy atom. The molecule has 2 N–H and O–H groups in total. The summed E-state index contributed by atoms with van der Waals surface area (Å²) >= 11 is 3.47. The van der Waals surface area contributed by atoms with Gasteiger partial charge in [-0.3, -0.25) is 14.5 Å². The van der Waals surface area contributed by atoms with E-state index in [9.17, 15) is 9.59 Å². The largest absolute Gasteiger partial charge is 0.350 e. The quantitative estimate of drug-likeness (QED) is 0.607. The van der Waals surface area contributed by atoms with Crippen molar-refractivity contribution in [2.75, 3.05) is 18.4 Å². The molecule has 0 aromatic heterocycles. The van der Waals surface area contributed by atoms with Crippen molar-refractivity contribution in [2.24, 2.45) is 5.92 Å². The topological polar surface area (TPSA) is 61.4 Å². The van der Waals surface area contributed by atoms with E-state index >= 15 is 0 Å². The van der Waals surface area contributed by atoms with Crippen LogP contribution in [0.2, 0.25) is 0 Å². The maximum atomic E-state index is 13.0. The van der Waals surface area contributed by atoms with Gasteiger partial charge in [0.2, 0.25) is 5.91 Å². The number of nitrogens with zero attached hydrogens (tertiary/aromatic N) is 1. The molecule has 2 atom stereocenters. The van der Waals surface area contributed by atoms with Crippen LogP contribution in [0.3, 0.4) is 0 Å². The average Bonchev–Trinajstić information content (AvgIpc) is 2.75. The minimum absolute atomic E-state index is 0.0145. The summed E-state index contributed by atoms with van der Waals surface area (Å²) in [4.78, 5) is 27.9. The number of amides is 2. The standard InChI is InChI=1S/C24H30BrN3O2/c1-3-17(2)26-24(30)21-8-4-5-9-22(21)27-23(29)19-7-6-14-28(16-19)15-18-10-12-20(25)13-11-18/h4-5,8-13,17,19H,3,6-7,14-16H2,1-2H3,(H,26,30)(H,27,29). The van der Waals surface area contributed by atoms with Gasteiger partial charge in [0.25, 0.3) is 5.91 Å². The summed E-state index contributed by atoms with van der Waals surface area (Å²) in [5.74, 6) is -0.250. The van der Waals surface area contributed by atoms with Crippen LogP contribution in [0.15, 0.2) is 53.0 Å². The Labute approximate surface area is 187 Å². The summed E-state index contributed by atoms with van der Waals surface area (Å²) in [7, 11) is 0. The van der Waals surface area contributed by atoms with E-state index in [1.165, 1.54) is 5.56 Å². The van der Waals surface area contributed by atoms with Crippen LogP contribution in [0.25, 0.3) is 0 Å². The van der Waals surface area contributed by atoms with Crippen molar-refractivity contribution < 1.29 is 9.59 Å². The second kappa shape index (κ2) is 10.7. The summed E-state index contributed by atoms with van der Waals surface area (Å²) in [6.45, 7) is 6.56. The van der Waals surface area contributed by atoms with Crippen molar-refractivity contribution in [3.8, 4) is 0 Å². The lowest BCUT2D eigenvalue weighted by Crippen LogP contribution is -2.40. The molecular weight excluding hydrogens is 442 g/mol. The fourth-order valence-electron chi connectivity index (χ4n) is 3.69. The Hall–Kier alpha value is -2.18. The van der Waals surface area contributed by atoms with E-state index in [0.717, 1.165) is 43.4 Å². The fourth-order valence-corrected chi connectivity index (χ4v) is 3.95. The van der Waals surface area contributed by atoms with Gasteiger partial charge >= 0.3 is 0 Å². The minimum Gasteiger partial charge on any atom is -0.350 e. The predicted molar refractivity (Wildman–Crippen MR) is 124 cm³/mol. The van der Waals surface area contributed by atoms with Gasteiger partial charge < -0.3 is 10.6 Å². The van der Waals surface area contributed by atoms with Gasteiger partial charge in [-0.25, -0.2) is 0 Å². The van der Waals surface area contributed by atoms with Crippen LogP contribution < -0.4 is 10.6 Å². The summed E-state index contributed by atoms with van der Waals surface area (Å²) in [5, 5.41) is 5.99. The second-order valence-electron chi connectivity index (χ2n) is 8.02. The molecule has 30 heavy (non-hydrogen) atoms. The van der Waals surface area contributed by atoms with Crippen LogP contribution in [0, 0.1) is 5.92 Å². The van der Waals surface area contributed by atoms with E-state index in [0.29, 0.717) is 11.3 Å². The number of carbonyl (C=O) groups excluding carboxylic acids is 2. The highest BCUT2D eigenvalue weighted by Crippen LogP contribution is 2.23. The molecule has 0 aliphatic carbocycles. The summed E-state index contributed by atoms with van der Waals surface area (Å²) in [6, 6.07) is 15.6. The van der Waals surface area contributed by atoms with Gasteiger partial charge in [-0.2, -0.15) is 0 Å². The number of anilines is 1. The van der Waals surface area contributed by atoms with Gasteiger partial charge in [-0.15, -0.1) is 0 Å². The Kier molecular flexibility index (Phi) is 8.05. The zero-order chi connectivity index (χ0) is 21.5. The Morgan fingerprint density at radius 1 is 1.17 bits per heavy atom. The van der Waals surface area contributed by atoms with Crippen LogP contribution in [-0.2, 0) is 11.3 Å². The molecule has 2 aromatic carbocycles. The van der Waals surface area contributed by atoms with E-state index in [4.69, 9.17) is 0 Å². The maximum absolute atomic E-state index is 13.0. The minimum atomic E-state index is -0.152. The highest BCUT2D eigenvalue weighted by Gasteiger charge is 2.26. The van der Waals surface area contributed by atoms with Crippen molar-refractivity contribution in [3.05, 3.63) is 64.1 Å². The Bertz CT molecular complexity index is 869. The number of carbonyl (C=O) groups is 2. The first-order valence-corrected chi connectivity index (χ1v) is 11.4. The molecule has 1 saturated heterocycles. The summed E-state index contributed by atoms with van der Waals surface area (Å²) in [5.41, 5.74) is 2.33. The smallest absolute Gasteiger partial charge is 0.253 e. The lowest BCUT2D eigenvalue weighted by molar-refractivity contribution is -0.121. The number of para-hydroxylation sites is 1. The van der Waals surface area contributed by atoms with E-state index in [-0.39, 0.29) is 23.8 Å². The molecule has 1 heterocycles. The first kappa shape index (κ1) is 22.5. The summed E-state index contributed by atoms with van der Waals surface area (Å²) < 4.78 is 1.07. The molecule has 6 heteroatoms. The third-order valence-corrected chi connectivity index (χ3v) is 6.14. The van der Waals surface area contributed by atoms with Gasteiger partial charge in [0.05, 0.1) is 17.2 Å². The fraction of sp³-hybridized carbons (Fsp3) is 0.417. The molecule has 2 aromatic rings. The molecule has 2 unspecified atom stereocenters. The molecule has 0 radical (unpaired) electrons. The van der Waals surface area contributed by atoms with Crippen LogP contribution in [0.5, 0.6) is 0 Å². The van der Waals surface area contributed by atoms with Crippen molar-refractivity contribution in [1.29, 1.82) is 0 Å². The highest BCUT2D eigenvalue weighted by atomic mass is 79.9. The third-order valence-electron chi connectivity index (χ3n) is 5.62. The van der Waals surface area contributed by atoms with E-state index in [2.05, 4.69) is 43.6 Å². The molecule has 0 bridgehead atoms. The SMILES string of the molecule is CCC(C)NC(=O)c1ccccc1NC(=O)C1CCCN(Cc2ccc(Br)cc2)C1. The molecule has 1 aliphatic rings. The molecule has 2 amide bonds. The van der Waals surface area contributed by atoms with Gasteiger partial charge in [0, 0.05) is 23.6 Å². The Morgan fingerprint density at radius 2 is 1.90 bits per heavy atom. The summed E-state index contributed by atoms with van der Waals surface area (Å²) in [6.07, 6.45) is 2.71. The molecule has 1 fully saturated rings. The number of rotatable bonds is 7. The third kappa shape index (κ3) is 6.16. The number of hydrogen-bond donors (Lipinski definition) is 2. The van der Waals surface area contributed by atoms with Gasteiger partial charge in [0.1, 0.15) is 0 Å². The van der Waals surface area contributed by atoms with Gasteiger partial charge in [0.15, 0.2) is 0 Å². The zero-order valence-corrected chi connectivity index (χ0v) is 19.2. The lowest BCUT2D eigenvalue weighted by atomic mass is 9.96. The van der Waals surface area contributed by atoms with Crippen LogP contribution in [-0.4, -0.2) is 35.8 Å². The first-order chi connectivity index (χ1) is 14.5. The number of nitrogens with one attached hydrogen (secondary N) is 2. The number of hydrogen-bond acceptors (Lipinski definition) is 3. The molecule has 0 saturated carbocycles. The Balaban J connectivity index is 1.63. The molecule has 160 valence electrons. The second-order valence-corrected chi connectivity index (χ2v) is 8.93. The van der Waals surface area contributed by atoms with Crippen LogP contribution in [0.4, 0.5) is 5.69 Å². The van der Waals surface area contributed by atoms with E-state index < -0.39 is 0 Å². The molecule has 5 nitrogen and oxygen atoms in total. The van der Waals surface area contributed by atoms with Gasteiger partial charge in [-0.1, -0.05) is 47.1 Å². The average molecular weight is 472 g/mol. The molecule has 1 aliphatic heterocycles. The number of benzene rings is 2. The maximum Gasteiger partial charge on any atom is 0.253 e. The number of likely N-dealkylation sites (tertiary alicyclic amines) is 1. The first-order valence-electron chi connectivity index (χ1n) is 10.6. The highest BCUT2D eigenvalue weighted by molar-refractivity contribution is 9.10. The van der Waals surface area contributed by atoms with E-state index in [1.54, 1.807) is 12.1 Å². The molecular formula is C24H30BrN3O2. The molecule has 0 spiro atoms. The predicted octanol–water partition coefficient (Wildman–Crippen LogP) is 4.83. The van der Waals surface area contributed by atoms with Crippen LogP contribution >= 0.6 is 15.9 Å². The van der Waals surface area contributed by atoms with Crippen molar-refractivity contribution in [1.82, 2.24) is 10.2 Å². The van der Waals surface area contributed by atoms with Crippen LogP contribution in [0.1, 0.15) is 49.0 Å². The lowest BCUT2D eigenvalue weighted by Gasteiger charge is -2.32. The number of piperidine rings is 1. The zero-order valence-electron chi connectivity index (χ0n) is 17.7. The normalized spacial score (nSPS) is 17.9. The molecule has 3 rings (SSSR count).